The van der Waals surface area contributed by atoms with Crippen molar-refractivity contribution in [2.45, 2.75) is 29.8 Å². The molecule has 2 aromatic heterocycles. The van der Waals surface area contributed by atoms with Crippen molar-refractivity contribution >= 4 is 11.8 Å². The average Bonchev–Trinajstić information content (AvgIpc) is 3.09. The van der Waals surface area contributed by atoms with Gasteiger partial charge >= 0.3 is 0 Å². The third-order valence-electron chi connectivity index (χ3n) is 3.50. The van der Waals surface area contributed by atoms with Crippen LogP contribution in [0.3, 0.4) is 0 Å². The monoisotopic (exact) mass is 316 g/mol. The lowest BCUT2D eigenvalue weighted by Gasteiger charge is -2.00. The number of aromatic amines is 1. The highest BCUT2D eigenvalue weighted by molar-refractivity contribution is 7.98. The van der Waals surface area contributed by atoms with Crippen LogP contribution in [0.5, 0.6) is 0 Å². The molecule has 0 spiro atoms. The van der Waals surface area contributed by atoms with Crippen molar-refractivity contribution in [1.29, 1.82) is 0 Å². The summed E-state index contributed by atoms with van der Waals surface area (Å²) < 4.78 is 14.8. The van der Waals surface area contributed by atoms with Crippen LogP contribution in [-0.2, 0) is 5.75 Å². The van der Waals surface area contributed by atoms with Crippen LogP contribution in [-0.4, -0.2) is 30.2 Å². The van der Waals surface area contributed by atoms with E-state index in [0.29, 0.717) is 11.8 Å². The zero-order valence-corrected chi connectivity index (χ0v) is 12.4. The Morgan fingerprint density at radius 1 is 1.27 bits per heavy atom. The van der Waals surface area contributed by atoms with Gasteiger partial charge in [-0.25, -0.2) is 14.1 Å². The molecule has 6 nitrogen and oxygen atoms in total. The number of tetrazole rings is 1. The zero-order valence-electron chi connectivity index (χ0n) is 11.6. The zero-order chi connectivity index (χ0) is 14.9. The second-order valence-electron chi connectivity index (χ2n) is 5.17. The molecule has 112 valence electrons. The van der Waals surface area contributed by atoms with Crippen molar-refractivity contribution in [3.05, 3.63) is 42.1 Å². The van der Waals surface area contributed by atoms with Gasteiger partial charge in [-0.2, -0.15) is 0 Å². The molecule has 1 fully saturated rings. The van der Waals surface area contributed by atoms with Gasteiger partial charge in [0, 0.05) is 0 Å². The molecule has 0 saturated heterocycles. The molecule has 2 heterocycles. The summed E-state index contributed by atoms with van der Waals surface area (Å²) in [5.41, 5.74) is 1.77. The van der Waals surface area contributed by atoms with Gasteiger partial charge in [0.15, 0.2) is 11.0 Å². The van der Waals surface area contributed by atoms with Gasteiger partial charge in [-0.1, -0.05) is 11.8 Å². The number of rotatable bonds is 5. The molecule has 1 aliphatic rings. The molecular weight excluding hydrogens is 303 g/mol. The molecule has 4 rings (SSSR count). The van der Waals surface area contributed by atoms with Crippen LogP contribution in [0.15, 0.2) is 35.6 Å². The second-order valence-corrected chi connectivity index (χ2v) is 6.13. The third-order valence-corrected chi connectivity index (χ3v) is 4.38. The predicted molar refractivity (Wildman–Crippen MR) is 79.6 cm³/mol. The average molecular weight is 316 g/mol. The molecule has 1 aliphatic carbocycles. The van der Waals surface area contributed by atoms with E-state index >= 15 is 0 Å². The number of hydrogen-bond acceptors (Lipinski definition) is 5. The summed E-state index contributed by atoms with van der Waals surface area (Å²) in [6.07, 6.45) is 4.05. The maximum atomic E-state index is 12.9. The first-order valence-corrected chi connectivity index (χ1v) is 7.98. The fourth-order valence-corrected chi connectivity index (χ4v) is 2.96. The Bertz CT molecular complexity index is 777. The molecular formula is C14H13FN6S. The summed E-state index contributed by atoms with van der Waals surface area (Å²) in [6, 6.07) is 6.80. The van der Waals surface area contributed by atoms with E-state index in [-0.39, 0.29) is 5.82 Å². The number of nitrogens with one attached hydrogen (secondary N) is 1. The molecule has 1 N–H and O–H groups in total. The summed E-state index contributed by atoms with van der Waals surface area (Å²) in [4.78, 5) is 7.57. The summed E-state index contributed by atoms with van der Waals surface area (Å²) in [6.45, 7) is 0. The molecule has 0 atom stereocenters. The number of benzene rings is 1. The Hall–Kier alpha value is -2.22. The predicted octanol–water partition coefficient (Wildman–Crippen LogP) is 2.83. The largest absolute Gasteiger partial charge is 0.333 e. The van der Waals surface area contributed by atoms with E-state index < -0.39 is 0 Å². The summed E-state index contributed by atoms with van der Waals surface area (Å²) in [5.74, 6) is 1.29. The van der Waals surface area contributed by atoms with E-state index in [1.54, 1.807) is 30.1 Å². The molecule has 0 amide bonds. The highest BCUT2D eigenvalue weighted by Crippen LogP contribution is 2.35. The topological polar surface area (TPSA) is 72.3 Å². The van der Waals surface area contributed by atoms with E-state index in [1.165, 1.54) is 12.1 Å². The van der Waals surface area contributed by atoms with Crippen LogP contribution in [0, 0.1) is 5.82 Å². The standard InChI is InChI=1S/C14H13FN6S/c15-10-3-1-9(2-4-10)12-7-16-14(17-12)22-8-13-18-19-20-21(13)11-5-6-11/h1-4,7,11H,5-6,8H2,(H,16,17). The van der Waals surface area contributed by atoms with E-state index in [4.69, 9.17) is 0 Å². The smallest absolute Gasteiger partial charge is 0.166 e. The molecule has 1 aromatic carbocycles. The number of halogens is 1. The highest BCUT2D eigenvalue weighted by atomic mass is 32.2. The number of H-pyrrole nitrogens is 1. The van der Waals surface area contributed by atoms with Gasteiger partial charge in [0.1, 0.15) is 5.82 Å². The van der Waals surface area contributed by atoms with E-state index in [9.17, 15) is 4.39 Å². The van der Waals surface area contributed by atoms with Crippen molar-refractivity contribution in [2.24, 2.45) is 0 Å². The molecule has 8 heteroatoms. The lowest BCUT2D eigenvalue weighted by atomic mass is 10.2. The molecule has 0 aliphatic heterocycles. The molecule has 0 unspecified atom stereocenters. The number of aromatic nitrogens is 6. The summed E-state index contributed by atoms with van der Waals surface area (Å²) >= 11 is 1.55. The van der Waals surface area contributed by atoms with Gasteiger partial charge in [-0.05, 0) is 53.1 Å². The van der Waals surface area contributed by atoms with E-state index in [1.807, 2.05) is 4.68 Å². The Morgan fingerprint density at radius 2 is 2.09 bits per heavy atom. The van der Waals surface area contributed by atoms with E-state index in [0.717, 1.165) is 35.1 Å². The van der Waals surface area contributed by atoms with Crippen LogP contribution < -0.4 is 0 Å². The number of thioether (sulfide) groups is 1. The Morgan fingerprint density at radius 3 is 2.86 bits per heavy atom. The normalized spacial score (nSPS) is 14.4. The SMILES string of the molecule is Fc1ccc(-c2cnc(SCc3nnnn3C3CC3)[nH]2)cc1. The van der Waals surface area contributed by atoms with Crippen LogP contribution in [0.25, 0.3) is 11.3 Å². The maximum Gasteiger partial charge on any atom is 0.166 e. The van der Waals surface area contributed by atoms with Crippen molar-refractivity contribution in [2.75, 3.05) is 0 Å². The minimum absolute atomic E-state index is 0.246. The third kappa shape index (κ3) is 2.74. The first kappa shape index (κ1) is 13.4. The van der Waals surface area contributed by atoms with Crippen LogP contribution in [0.1, 0.15) is 24.7 Å². The number of nitrogens with zero attached hydrogens (tertiary/aromatic N) is 5. The highest BCUT2D eigenvalue weighted by Gasteiger charge is 2.27. The number of hydrogen-bond donors (Lipinski definition) is 1. The van der Waals surface area contributed by atoms with Gasteiger partial charge in [-0.15, -0.1) is 5.10 Å². The molecule has 22 heavy (non-hydrogen) atoms. The lowest BCUT2D eigenvalue weighted by Crippen LogP contribution is -2.02. The van der Waals surface area contributed by atoms with E-state index in [2.05, 4.69) is 25.5 Å². The van der Waals surface area contributed by atoms with Crippen LogP contribution in [0.2, 0.25) is 0 Å². The van der Waals surface area contributed by atoms with Gasteiger partial charge in [0.25, 0.3) is 0 Å². The fraction of sp³-hybridized carbons (Fsp3) is 0.286. The van der Waals surface area contributed by atoms with Gasteiger partial charge in [0.05, 0.1) is 23.7 Å². The van der Waals surface area contributed by atoms with Crippen LogP contribution in [0.4, 0.5) is 4.39 Å². The summed E-state index contributed by atoms with van der Waals surface area (Å²) in [7, 11) is 0. The quantitative estimate of drug-likeness (QED) is 0.733. The number of imidazole rings is 1. The van der Waals surface area contributed by atoms with Crippen molar-refractivity contribution in [3.63, 3.8) is 0 Å². The van der Waals surface area contributed by atoms with Crippen LogP contribution >= 0.6 is 11.8 Å². The van der Waals surface area contributed by atoms with Gasteiger partial charge in [-0.3, -0.25) is 0 Å². The maximum absolute atomic E-state index is 12.9. The molecule has 0 radical (unpaired) electrons. The lowest BCUT2D eigenvalue weighted by molar-refractivity contribution is 0.593. The van der Waals surface area contributed by atoms with Crippen molar-refractivity contribution in [1.82, 2.24) is 30.2 Å². The Kier molecular flexibility index (Phi) is 3.38. The molecule has 3 aromatic rings. The van der Waals surface area contributed by atoms with Crippen molar-refractivity contribution < 1.29 is 4.39 Å². The van der Waals surface area contributed by atoms with Crippen molar-refractivity contribution in [3.8, 4) is 11.3 Å². The summed E-state index contributed by atoms with van der Waals surface area (Å²) in [5, 5.41) is 12.6. The first-order valence-electron chi connectivity index (χ1n) is 7.00. The van der Waals surface area contributed by atoms with Gasteiger partial charge in [0.2, 0.25) is 0 Å². The Labute approximate surface area is 130 Å². The molecule has 1 saturated carbocycles. The molecule has 0 bridgehead atoms. The minimum atomic E-state index is -0.246. The van der Waals surface area contributed by atoms with Gasteiger partial charge < -0.3 is 4.98 Å². The minimum Gasteiger partial charge on any atom is -0.333 e. The fourth-order valence-electron chi connectivity index (χ4n) is 2.20. The second kappa shape index (κ2) is 5.53. The Balaban J connectivity index is 1.45. The first-order chi connectivity index (χ1) is 10.8.